The molecule has 3 aromatic heterocycles. The van der Waals surface area contributed by atoms with Crippen molar-refractivity contribution in [2.75, 3.05) is 50.5 Å². The fraction of sp³-hybridized carbons (Fsp3) is 0.536. The van der Waals surface area contributed by atoms with E-state index in [1.807, 2.05) is 33.0 Å². The van der Waals surface area contributed by atoms with Crippen LogP contribution in [0.4, 0.5) is 22.2 Å². The predicted octanol–water partition coefficient (Wildman–Crippen LogP) is 5.25. The van der Waals surface area contributed by atoms with Gasteiger partial charge in [-0.2, -0.15) is 0 Å². The molecular formula is C28H37N7O3S. The fourth-order valence-electron chi connectivity index (χ4n) is 5.21. The molecule has 2 amide bonds. The normalized spacial score (nSPS) is 16.5. The summed E-state index contributed by atoms with van der Waals surface area (Å²) in [6.07, 6.45) is 9.77. The number of amides is 2. The minimum absolute atomic E-state index is 0.0541. The second-order valence-electron chi connectivity index (χ2n) is 11.4. The van der Waals surface area contributed by atoms with Gasteiger partial charge < -0.3 is 24.8 Å². The number of fused-ring (bicyclic) bond motifs is 1. The Morgan fingerprint density at radius 3 is 2.31 bits per heavy atom. The number of carbonyl (C=O) groups is 2. The monoisotopic (exact) mass is 551 g/mol. The van der Waals surface area contributed by atoms with Gasteiger partial charge in [0.2, 0.25) is 5.95 Å². The second-order valence-corrected chi connectivity index (χ2v) is 12.5. The molecule has 0 spiro atoms. The van der Waals surface area contributed by atoms with Crippen LogP contribution in [0.15, 0.2) is 24.7 Å². The molecule has 0 unspecified atom stereocenters. The number of thiophene rings is 1. The van der Waals surface area contributed by atoms with Gasteiger partial charge in [-0.1, -0.05) is 12.8 Å². The minimum Gasteiger partial charge on any atom is -0.444 e. The van der Waals surface area contributed by atoms with Crippen LogP contribution in [0.25, 0.3) is 10.1 Å². The van der Waals surface area contributed by atoms with Crippen molar-refractivity contribution in [3.8, 4) is 0 Å². The van der Waals surface area contributed by atoms with E-state index >= 15 is 0 Å². The average Bonchev–Trinajstić information content (AvgIpc) is 3.55. The number of piperazine rings is 1. The zero-order valence-electron chi connectivity index (χ0n) is 23.4. The van der Waals surface area contributed by atoms with Crippen LogP contribution in [0.5, 0.6) is 0 Å². The number of pyridine rings is 1. The molecule has 1 N–H and O–H groups in total. The van der Waals surface area contributed by atoms with Crippen LogP contribution in [0.3, 0.4) is 0 Å². The molecular weight excluding hydrogens is 514 g/mol. The number of anilines is 3. The molecule has 208 valence electrons. The lowest BCUT2D eigenvalue weighted by molar-refractivity contribution is 0.0240. The molecule has 0 aromatic carbocycles. The summed E-state index contributed by atoms with van der Waals surface area (Å²) in [4.78, 5) is 45.3. The summed E-state index contributed by atoms with van der Waals surface area (Å²) in [5.41, 5.74) is 1.57. The molecule has 5 rings (SSSR count). The Morgan fingerprint density at radius 1 is 1.03 bits per heavy atom. The molecule has 11 heteroatoms. The lowest BCUT2D eigenvalue weighted by atomic mass is 9.94. The first-order valence-corrected chi connectivity index (χ1v) is 14.4. The molecule has 0 atom stereocenters. The van der Waals surface area contributed by atoms with Crippen LogP contribution in [-0.2, 0) is 4.74 Å². The third-order valence-corrected chi connectivity index (χ3v) is 8.30. The molecule has 1 aliphatic carbocycles. The number of hydrogen-bond acceptors (Lipinski definition) is 9. The number of nitrogens with zero attached hydrogens (tertiary/aromatic N) is 6. The van der Waals surface area contributed by atoms with E-state index < -0.39 is 5.60 Å². The number of nitrogens with one attached hydrogen (secondary N) is 1. The molecule has 4 heterocycles. The highest BCUT2D eigenvalue weighted by Crippen LogP contribution is 2.44. The van der Waals surface area contributed by atoms with Gasteiger partial charge in [0.25, 0.3) is 5.91 Å². The van der Waals surface area contributed by atoms with Crippen molar-refractivity contribution >= 4 is 50.9 Å². The Hall–Kier alpha value is -3.47. The molecule has 0 bridgehead atoms. The lowest BCUT2D eigenvalue weighted by Crippen LogP contribution is -2.50. The molecule has 39 heavy (non-hydrogen) atoms. The summed E-state index contributed by atoms with van der Waals surface area (Å²) in [6, 6.07) is 2.03. The zero-order valence-corrected chi connectivity index (χ0v) is 24.2. The van der Waals surface area contributed by atoms with Crippen molar-refractivity contribution in [2.24, 2.45) is 0 Å². The van der Waals surface area contributed by atoms with Crippen molar-refractivity contribution in [1.29, 1.82) is 0 Å². The highest BCUT2D eigenvalue weighted by Gasteiger charge is 2.29. The number of carbonyl (C=O) groups excluding carboxylic acids is 2. The first-order valence-electron chi connectivity index (χ1n) is 13.5. The molecule has 1 saturated heterocycles. The number of rotatable bonds is 5. The van der Waals surface area contributed by atoms with E-state index in [0.29, 0.717) is 43.9 Å². The van der Waals surface area contributed by atoms with Gasteiger partial charge >= 0.3 is 6.09 Å². The smallest absolute Gasteiger partial charge is 0.410 e. The van der Waals surface area contributed by atoms with E-state index in [1.165, 1.54) is 29.7 Å². The first-order chi connectivity index (χ1) is 18.6. The molecule has 1 aliphatic heterocycles. The van der Waals surface area contributed by atoms with E-state index in [2.05, 4.69) is 25.2 Å². The Bertz CT molecular complexity index is 1340. The predicted molar refractivity (Wildman–Crippen MR) is 154 cm³/mol. The number of aromatic nitrogens is 3. The van der Waals surface area contributed by atoms with E-state index in [9.17, 15) is 9.59 Å². The maximum atomic E-state index is 13.0. The Kier molecular flexibility index (Phi) is 7.61. The summed E-state index contributed by atoms with van der Waals surface area (Å²) in [5.74, 6) is 1.57. The van der Waals surface area contributed by atoms with Crippen LogP contribution in [-0.4, -0.2) is 82.6 Å². The maximum Gasteiger partial charge on any atom is 0.410 e. The van der Waals surface area contributed by atoms with Crippen molar-refractivity contribution in [1.82, 2.24) is 24.8 Å². The summed E-state index contributed by atoms with van der Waals surface area (Å²) < 4.78 is 6.51. The minimum atomic E-state index is -0.502. The van der Waals surface area contributed by atoms with Crippen molar-refractivity contribution in [2.45, 2.75) is 58.0 Å². The van der Waals surface area contributed by atoms with Gasteiger partial charge in [-0.25, -0.2) is 19.7 Å². The molecule has 10 nitrogen and oxygen atoms in total. The number of hydrogen-bond donors (Lipinski definition) is 1. The Labute approximate surface area is 233 Å². The van der Waals surface area contributed by atoms with Gasteiger partial charge in [0.15, 0.2) is 0 Å². The van der Waals surface area contributed by atoms with E-state index in [4.69, 9.17) is 4.74 Å². The highest BCUT2D eigenvalue weighted by atomic mass is 32.1. The highest BCUT2D eigenvalue weighted by molar-refractivity contribution is 7.21. The van der Waals surface area contributed by atoms with E-state index in [0.717, 1.165) is 33.5 Å². The molecule has 3 aromatic rings. The van der Waals surface area contributed by atoms with Gasteiger partial charge in [-0.3, -0.25) is 4.79 Å². The van der Waals surface area contributed by atoms with Gasteiger partial charge in [-0.05, 0) is 51.2 Å². The topological polar surface area (TPSA) is 104 Å². The molecule has 2 aliphatic rings. The van der Waals surface area contributed by atoms with Gasteiger partial charge in [-0.15, -0.1) is 11.3 Å². The standard InChI is InChI=1S/C28H37N7O3S/c1-28(2,3)38-27(37)35-12-10-34(11-13-35)19-15-30-26(31-16-19)32-22-14-20-21(17-29-22)39-24(25(36)33(4)5)23(20)18-8-6-7-9-18/h14-18H,6-13H2,1-5H3,(H,29,30,31,32). The second kappa shape index (κ2) is 11.0. The summed E-state index contributed by atoms with van der Waals surface area (Å²) in [6.45, 7) is 8.16. The quantitative estimate of drug-likeness (QED) is 0.459. The zero-order chi connectivity index (χ0) is 27.7. The third kappa shape index (κ3) is 6.08. The summed E-state index contributed by atoms with van der Waals surface area (Å²) in [7, 11) is 3.61. The molecule has 1 saturated carbocycles. The van der Waals surface area contributed by atoms with Crippen LogP contribution in [0, 0.1) is 0 Å². The molecule has 2 fully saturated rings. The van der Waals surface area contributed by atoms with E-state index in [1.54, 1.807) is 36.3 Å². The third-order valence-electron chi connectivity index (χ3n) is 7.15. The van der Waals surface area contributed by atoms with Crippen molar-refractivity contribution in [3.05, 3.63) is 35.1 Å². The van der Waals surface area contributed by atoms with Crippen LogP contribution < -0.4 is 10.2 Å². The molecule has 0 radical (unpaired) electrons. The van der Waals surface area contributed by atoms with Crippen molar-refractivity contribution < 1.29 is 14.3 Å². The van der Waals surface area contributed by atoms with Crippen molar-refractivity contribution in [3.63, 3.8) is 0 Å². The summed E-state index contributed by atoms with van der Waals surface area (Å²) >= 11 is 1.53. The van der Waals surface area contributed by atoms with Gasteiger partial charge in [0.1, 0.15) is 11.4 Å². The largest absolute Gasteiger partial charge is 0.444 e. The Balaban J connectivity index is 1.28. The fourth-order valence-corrected chi connectivity index (χ4v) is 6.47. The van der Waals surface area contributed by atoms with Crippen LogP contribution in [0.1, 0.15) is 67.6 Å². The SMILES string of the molecule is CN(C)C(=O)c1sc2cnc(Nc3ncc(N4CCN(C(=O)OC(C)(C)C)CC4)cn3)cc2c1C1CCCC1. The van der Waals surface area contributed by atoms with Crippen LogP contribution in [0.2, 0.25) is 0 Å². The summed E-state index contributed by atoms with van der Waals surface area (Å²) in [5, 5.41) is 4.33. The lowest BCUT2D eigenvalue weighted by Gasteiger charge is -2.36. The van der Waals surface area contributed by atoms with E-state index in [-0.39, 0.29) is 12.0 Å². The van der Waals surface area contributed by atoms with Gasteiger partial charge in [0, 0.05) is 51.9 Å². The van der Waals surface area contributed by atoms with Gasteiger partial charge in [0.05, 0.1) is 27.7 Å². The average molecular weight is 552 g/mol. The number of ether oxygens (including phenoxy) is 1. The van der Waals surface area contributed by atoms with Crippen LogP contribution >= 0.6 is 11.3 Å². The Morgan fingerprint density at radius 2 is 1.69 bits per heavy atom. The first kappa shape index (κ1) is 27.1. The maximum absolute atomic E-state index is 13.0.